The minimum absolute atomic E-state index is 0.0920. The predicted octanol–water partition coefficient (Wildman–Crippen LogP) is 3.25. The number of thiophene rings is 1. The third-order valence-electron chi connectivity index (χ3n) is 3.14. The van der Waals surface area contributed by atoms with Gasteiger partial charge in [-0.1, -0.05) is 6.92 Å². The number of hydrogen-bond acceptors (Lipinski definition) is 4. The van der Waals surface area contributed by atoms with E-state index >= 15 is 0 Å². The topological polar surface area (TPSA) is 50.4 Å². The summed E-state index contributed by atoms with van der Waals surface area (Å²) in [6.07, 6.45) is 1.08. The Morgan fingerprint density at radius 1 is 1.30 bits per heavy atom. The lowest BCUT2D eigenvalue weighted by atomic mass is 10.2. The van der Waals surface area contributed by atoms with Crippen LogP contribution >= 0.6 is 11.3 Å². The fourth-order valence-corrected chi connectivity index (χ4v) is 2.99. The summed E-state index contributed by atoms with van der Waals surface area (Å²) in [6.45, 7) is 3.04. The highest BCUT2D eigenvalue weighted by molar-refractivity contribution is 7.12. The molecule has 0 fully saturated rings. The number of carbonyl (C=O) groups is 1. The largest absolute Gasteiger partial charge is 0.482 e. The van der Waals surface area contributed by atoms with E-state index in [4.69, 9.17) is 4.74 Å². The highest BCUT2D eigenvalue weighted by Crippen LogP contribution is 2.30. The molecule has 104 valence electrons. The average Bonchev–Trinajstić information content (AvgIpc) is 2.92. The van der Waals surface area contributed by atoms with Gasteiger partial charge in [0.25, 0.3) is 5.91 Å². The highest BCUT2D eigenvalue weighted by Gasteiger charge is 2.15. The molecule has 0 spiro atoms. The highest BCUT2D eigenvalue weighted by atomic mass is 32.1. The molecule has 0 bridgehead atoms. The number of nitrogens with one attached hydrogen (secondary N) is 2. The summed E-state index contributed by atoms with van der Waals surface area (Å²) >= 11 is 1.82. The quantitative estimate of drug-likeness (QED) is 0.908. The number of fused-ring (bicyclic) bond motifs is 1. The van der Waals surface area contributed by atoms with Crippen LogP contribution in [-0.2, 0) is 17.8 Å². The molecule has 1 amide bonds. The van der Waals surface area contributed by atoms with Gasteiger partial charge in [-0.3, -0.25) is 4.79 Å². The van der Waals surface area contributed by atoms with Gasteiger partial charge < -0.3 is 15.4 Å². The molecule has 0 saturated carbocycles. The molecule has 0 atom stereocenters. The normalized spacial score (nSPS) is 13.3. The van der Waals surface area contributed by atoms with Crippen LogP contribution in [-0.4, -0.2) is 12.5 Å². The van der Waals surface area contributed by atoms with Crippen LogP contribution in [0.15, 0.2) is 30.3 Å². The lowest BCUT2D eigenvalue weighted by molar-refractivity contribution is -0.118. The molecule has 2 N–H and O–H groups in total. The van der Waals surface area contributed by atoms with Crippen molar-refractivity contribution in [2.24, 2.45) is 0 Å². The van der Waals surface area contributed by atoms with Crippen molar-refractivity contribution in [3.05, 3.63) is 40.1 Å². The number of rotatable bonds is 4. The van der Waals surface area contributed by atoms with Crippen molar-refractivity contribution in [1.29, 1.82) is 0 Å². The fourth-order valence-electron chi connectivity index (χ4n) is 2.09. The van der Waals surface area contributed by atoms with Crippen LogP contribution in [0.1, 0.15) is 16.7 Å². The summed E-state index contributed by atoms with van der Waals surface area (Å²) < 4.78 is 5.33. The number of ether oxygens (including phenoxy) is 1. The molecule has 1 aliphatic rings. The van der Waals surface area contributed by atoms with E-state index in [0.29, 0.717) is 0 Å². The Labute approximate surface area is 121 Å². The summed E-state index contributed by atoms with van der Waals surface area (Å²) in [4.78, 5) is 14.0. The Morgan fingerprint density at radius 2 is 2.15 bits per heavy atom. The third kappa shape index (κ3) is 2.77. The van der Waals surface area contributed by atoms with E-state index in [2.05, 4.69) is 29.7 Å². The first kappa shape index (κ1) is 13.0. The molecule has 2 heterocycles. The minimum atomic E-state index is -0.111. The number of amides is 1. The molecular formula is C15H16N2O2S. The fraction of sp³-hybridized carbons (Fsp3) is 0.267. The maximum Gasteiger partial charge on any atom is 0.262 e. The molecule has 3 rings (SSSR count). The first-order valence-electron chi connectivity index (χ1n) is 6.63. The van der Waals surface area contributed by atoms with E-state index < -0.39 is 0 Å². The lowest BCUT2D eigenvalue weighted by Crippen LogP contribution is -2.25. The van der Waals surface area contributed by atoms with Crippen LogP contribution < -0.4 is 15.4 Å². The second-order valence-electron chi connectivity index (χ2n) is 4.62. The molecule has 0 radical (unpaired) electrons. The molecule has 1 aromatic carbocycles. The smallest absolute Gasteiger partial charge is 0.262 e. The molecule has 2 aromatic rings. The van der Waals surface area contributed by atoms with Gasteiger partial charge in [0.1, 0.15) is 5.75 Å². The molecule has 0 aliphatic carbocycles. The zero-order valence-electron chi connectivity index (χ0n) is 11.2. The Kier molecular flexibility index (Phi) is 3.60. The van der Waals surface area contributed by atoms with Gasteiger partial charge in [-0.05, 0) is 36.8 Å². The maximum atomic E-state index is 11.3. The summed E-state index contributed by atoms with van der Waals surface area (Å²) in [5.74, 6) is 0.611. The van der Waals surface area contributed by atoms with Crippen LogP contribution in [0.5, 0.6) is 5.75 Å². The van der Waals surface area contributed by atoms with Gasteiger partial charge in [0.15, 0.2) is 6.61 Å². The standard InChI is InChI=1S/C15H16N2O2S/c1-2-11-4-5-12(20-11)8-16-10-3-6-14-13(7-10)17-15(18)9-19-14/h3-7,16H,2,8-9H2,1H3,(H,17,18). The van der Waals surface area contributed by atoms with Crippen molar-refractivity contribution in [3.63, 3.8) is 0 Å². The van der Waals surface area contributed by atoms with Crippen LogP contribution in [0, 0.1) is 0 Å². The zero-order chi connectivity index (χ0) is 13.9. The first-order valence-corrected chi connectivity index (χ1v) is 7.44. The van der Waals surface area contributed by atoms with E-state index in [-0.39, 0.29) is 12.5 Å². The summed E-state index contributed by atoms with van der Waals surface area (Å²) in [7, 11) is 0. The molecule has 5 heteroatoms. The van der Waals surface area contributed by atoms with Gasteiger partial charge in [-0.25, -0.2) is 0 Å². The van der Waals surface area contributed by atoms with Crippen LogP contribution in [0.4, 0.5) is 11.4 Å². The van der Waals surface area contributed by atoms with Gasteiger partial charge in [-0.15, -0.1) is 11.3 Å². The van der Waals surface area contributed by atoms with E-state index in [9.17, 15) is 4.79 Å². The SMILES string of the molecule is CCc1ccc(CNc2ccc3c(c2)NC(=O)CO3)s1. The number of carbonyl (C=O) groups excluding carboxylic acids is 1. The average molecular weight is 288 g/mol. The number of anilines is 2. The Hall–Kier alpha value is -2.01. The van der Waals surface area contributed by atoms with Gasteiger partial charge >= 0.3 is 0 Å². The third-order valence-corrected chi connectivity index (χ3v) is 4.37. The second kappa shape index (κ2) is 5.54. The molecule has 1 aromatic heterocycles. The Morgan fingerprint density at radius 3 is 2.95 bits per heavy atom. The van der Waals surface area contributed by atoms with Crippen molar-refractivity contribution in [2.75, 3.05) is 17.2 Å². The van der Waals surface area contributed by atoms with Gasteiger partial charge in [-0.2, -0.15) is 0 Å². The molecule has 4 nitrogen and oxygen atoms in total. The molecule has 0 saturated heterocycles. The van der Waals surface area contributed by atoms with E-state index in [1.807, 2.05) is 29.5 Å². The number of benzene rings is 1. The Balaban J connectivity index is 1.68. The molecule has 1 aliphatic heterocycles. The van der Waals surface area contributed by atoms with Crippen molar-refractivity contribution in [1.82, 2.24) is 0 Å². The van der Waals surface area contributed by atoms with Crippen LogP contribution in [0.2, 0.25) is 0 Å². The number of hydrogen-bond donors (Lipinski definition) is 2. The maximum absolute atomic E-state index is 11.3. The van der Waals surface area contributed by atoms with Crippen molar-refractivity contribution < 1.29 is 9.53 Å². The van der Waals surface area contributed by atoms with Gasteiger partial charge in [0.05, 0.1) is 5.69 Å². The zero-order valence-corrected chi connectivity index (χ0v) is 12.0. The van der Waals surface area contributed by atoms with Crippen molar-refractivity contribution in [3.8, 4) is 5.75 Å². The number of aryl methyl sites for hydroxylation is 1. The molecule has 20 heavy (non-hydrogen) atoms. The van der Waals surface area contributed by atoms with E-state index in [0.717, 1.165) is 30.1 Å². The molecular weight excluding hydrogens is 272 g/mol. The van der Waals surface area contributed by atoms with Crippen molar-refractivity contribution >= 4 is 28.6 Å². The predicted molar refractivity (Wildman–Crippen MR) is 81.6 cm³/mol. The Bertz CT molecular complexity index is 637. The van der Waals surface area contributed by atoms with E-state index in [1.165, 1.54) is 9.75 Å². The van der Waals surface area contributed by atoms with Crippen LogP contribution in [0.25, 0.3) is 0 Å². The van der Waals surface area contributed by atoms with Crippen molar-refractivity contribution in [2.45, 2.75) is 19.9 Å². The lowest BCUT2D eigenvalue weighted by Gasteiger charge is -2.18. The summed E-state index contributed by atoms with van der Waals surface area (Å²) in [5.41, 5.74) is 1.70. The minimum Gasteiger partial charge on any atom is -0.482 e. The summed E-state index contributed by atoms with van der Waals surface area (Å²) in [6, 6.07) is 10.1. The van der Waals surface area contributed by atoms with Gasteiger partial charge in [0, 0.05) is 22.0 Å². The summed E-state index contributed by atoms with van der Waals surface area (Å²) in [5, 5.41) is 6.18. The first-order chi connectivity index (χ1) is 9.74. The second-order valence-corrected chi connectivity index (χ2v) is 5.88. The van der Waals surface area contributed by atoms with Crippen LogP contribution in [0.3, 0.4) is 0 Å². The monoisotopic (exact) mass is 288 g/mol. The van der Waals surface area contributed by atoms with E-state index in [1.54, 1.807) is 0 Å². The van der Waals surface area contributed by atoms with Gasteiger partial charge in [0.2, 0.25) is 0 Å². The molecule has 0 unspecified atom stereocenters.